The molecular formula is C17H20FNO5S. The van der Waals surface area contributed by atoms with Crippen LogP contribution >= 0.6 is 0 Å². The van der Waals surface area contributed by atoms with Crippen molar-refractivity contribution >= 4 is 10.0 Å². The molecule has 2 aromatic rings. The number of halogens is 1. The summed E-state index contributed by atoms with van der Waals surface area (Å²) in [6, 6.07) is 7.72. The van der Waals surface area contributed by atoms with Crippen LogP contribution in [0.1, 0.15) is 18.5 Å². The van der Waals surface area contributed by atoms with Crippen LogP contribution < -0.4 is 18.9 Å². The fourth-order valence-electron chi connectivity index (χ4n) is 2.40. The number of methoxy groups -OCH3 is 3. The first kappa shape index (κ1) is 19.0. The van der Waals surface area contributed by atoms with Gasteiger partial charge in [0.1, 0.15) is 28.0 Å². The van der Waals surface area contributed by atoms with Crippen molar-refractivity contribution in [2.24, 2.45) is 0 Å². The van der Waals surface area contributed by atoms with E-state index in [-0.39, 0.29) is 10.6 Å². The Bertz CT molecular complexity index is 854. The maximum Gasteiger partial charge on any atom is 0.244 e. The average Bonchev–Trinajstić information content (AvgIpc) is 2.60. The maximum atomic E-state index is 13.5. The predicted octanol–water partition coefficient (Wildman–Crippen LogP) is 2.89. The lowest BCUT2D eigenvalue weighted by Crippen LogP contribution is -2.27. The molecule has 0 bridgehead atoms. The Balaban J connectivity index is 2.40. The number of sulfonamides is 1. The molecule has 0 saturated heterocycles. The summed E-state index contributed by atoms with van der Waals surface area (Å²) in [5.74, 6) is 0.443. The Hall–Kier alpha value is -2.32. The molecule has 0 saturated carbocycles. The minimum absolute atomic E-state index is 0.0544. The van der Waals surface area contributed by atoms with Gasteiger partial charge in [0.2, 0.25) is 10.0 Å². The maximum absolute atomic E-state index is 13.5. The molecular weight excluding hydrogens is 349 g/mol. The highest BCUT2D eigenvalue weighted by Gasteiger charge is 2.24. The number of ether oxygens (including phenoxy) is 3. The van der Waals surface area contributed by atoms with Crippen LogP contribution in [0.5, 0.6) is 17.2 Å². The number of rotatable bonds is 7. The third-order valence-corrected chi connectivity index (χ3v) is 5.21. The summed E-state index contributed by atoms with van der Waals surface area (Å²) in [7, 11) is 0.292. The first-order valence-corrected chi connectivity index (χ1v) is 8.88. The zero-order valence-corrected chi connectivity index (χ0v) is 15.2. The third-order valence-electron chi connectivity index (χ3n) is 3.65. The summed E-state index contributed by atoms with van der Waals surface area (Å²) in [4.78, 5) is -0.274. The average molecular weight is 369 g/mol. The van der Waals surface area contributed by atoms with E-state index in [4.69, 9.17) is 14.2 Å². The molecule has 136 valence electrons. The molecule has 2 aromatic carbocycles. The van der Waals surface area contributed by atoms with Crippen LogP contribution in [0.2, 0.25) is 0 Å². The van der Waals surface area contributed by atoms with Crippen LogP contribution in [0.4, 0.5) is 4.39 Å². The highest BCUT2D eigenvalue weighted by Crippen LogP contribution is 2.31. The van der Waals surface area contributed by atoms with E-state index in [9.17, 15) is 12.8 Å². The normalized spacial score (nSPS) is 12.5. The molecule has 0 aliphatic rings. The lowest BCUT2D eigenvalue weighted by molar-refractivity contribution is 0.394. The van der Waals surface area contributed by atoms with Gasteiger partial charge in [-0.05, 0) is 43.3 Å². The van der Waals surface area contributed by atoms with E-state index in [2.05, 4.69) is 4.72 Å². The third kappa shape index (κ3) is 4.21. The number of hydrogen-bond donors (Lipinski definition) is 1. The minimum Gasteiger partial charge on any atom is -0.497 e. The molecule has 6 nitrogen and oxygen atoms in total. The molecule has 0 aromatic heterocycles. The van der Waals surface area contributed by atoms with Gasteiger partial charge in [0, 0.05) is 11.6 Å². The van der Waals surface area contributed by atoms with Crippen LogP contribution in [0, 0.1) is 5.82 Å². The van der Waals surface area contributed by atoms with E-state index >= 15 is 0 Å². The SMILES string of the molecule is COc1ccc(OC)c([C@H](C)NS(=O)(=O)c2cc(F)ccc2OC)c1. The molecule has 0 heterocycles. The Morgan fingerprint density at radius 2 is 1.60 bits per heavy atom. The smallest absolute Gasteiger partial charge is 0.244 e. The van der Waals surface area contributed by atoms with Crippen molar-refractivity contribution in [3.05, 3.63) is 47.8 Å². The lowest BCUT2D eigenvalue weighted by atomic mass is 10.1. The van der Waals surface area contributed by atoms with Crippen molar-refractivity contribution < 1.29 is 27.0 Å². The van der Waals surface area contributed by atoms with Gasteiger partial charge < -0.3 is 14.2 Å². The Kier molecular flexibility index (Phi) is 5.86. The van der Waals surface area contributed by atoms with Gasteiger partial charge in [-0.3, -0.25) is 0 Å². The first-order chi connectivity index (χ1) is 11.8. The second kappa shape index (κ2) is 7.71. The monoisotopic (exact) mass is 369 g/mol. The second-order valence-electron chi connectivity index (χ2n) is 5.25. The lowest BCUT2D eigenvalue weighted by Gasteiger charge is -2.19. The van der Waals surface area contributed by atoms with Crippen molar-refractivity contribution in [1.29, 1.82) is 0 Å². The predicted molar refractivity (Wildman–Crippen MR) is 91.2 cm³/mol. The zero-order valence-electron chi connectivity index (χ0n) is 14.4. The quantitative estimate of drug-likeness (QED) is 0.812. The summed E-state index contributed by atoms with van der Waals surface area (Å²) < 4.78 is 56.8. The Morgan fingerprint density at radius 3 is 2.20 bits per heavy atom. The highest BCUT2D eigenvalue weighted by atomic mass is 32.2. The number of benzene rings is 2. The second-order valence-corrected chi connectivity index (χ2v) is 6.93. The van der Waals surface area contributed by atoms with E-state index in [0.717, 1.165) is 12.1 Å². The molecule has 0 unspecified atom stereocenters. The van der Waals surface area contributed by atoms with Crippen molar-refractivity contribution in [2.75, 3.05) is 21.3 Å². The summed E-state index contributed by atoms with van der Waals surface area (Å²) in [6.45, 7) is 1.65. The van der Waals surface area contributed by atoms with Gasteiger partial charge in [-0.1, -0.05) is 0 Å². The van der Waals surface area contributed by atoms with Gasteiger partial charge in [0.15, 0.2) is 0 Å². The van der Waals surface area contributed by atoms with Crippen LogP contribution in [-0.2, 0) is 10.0 Å². The molecule has 0 aliphatic carbocycles. The Morgan fingerprint density at radius 1 is 0.960 bits per heavy atom. The highest BCUT2D eigenvalue weighted by molar-refractivity contribution is 7.89. The largest absolute Gasteiger partial charge is 0.497 e. The molecule has 2 rings (SSSR count). The summed E-state index contributed by atoms with van der Waals surface area (Å²) in [5.41, 5.74) is 0.584. The van der Waals surface area contributed by atoms with Crippen LogP contribution in [-0.4, -0.2) is 29.7 Å². The van der Waals surface area contributed by atoms with Crippen LogP contribution in [0.3, 0.4) is 0 Å². The molecule has 0 fully saturated rings. The minimum atomic E-state index is -4.03. The van der Waals surface area contributed by atoms with Crippen molar-refractivity contribution in [3.63, 3.8) is 0 Å². The van der Waals surface area contributed by atoms with Crippen LogP contribution in [0.15, 0.2) is 41.3 Å². The van der Waals surface area contributed by atoms with E-state index in [0.29, 0.717) is 17.1 Å². The van der Waals surface area contributed by atoms with Gasteiger partial charge in [-0.2, -0.15) is 0 Å². The summed E-state index contributed by atoms with van der Waals surface area (Å²) in [5, 5.41) is 0. The fourth-order valence-corrected chi connectivity index (χ4v) is 3.80. The number of hydrogen-bond acceptors (Lipinski definition) is 5. The van der Waals surface area contributed by atoms with E-state index < -0.39 is 21.9 Å². The van der Waals surface area contributed by atoms with Gasteiger partial charge in [0.05, 0.1) is 21.3 Å². The van der Waals surface area contributed by atoms with Crippen LogP contribution in [0.25, 0.3) is 0 Å². The number of nitrogens with one attached hydrogen (secondary N) is 1. The van der Waals surface area contributed by atoms with Crippen molar-refractivity contribution in [1.82, 2.24) is 4.72 Å². The van der Waals surface area contributed by atoms with Gasteiger partial charge >= 0.3 is 0 Å². The molecule has 25 heavy (non-hydrogen) atoms. The molecule has 1 atom stereocenters. The molecule has 0 amide bonds. The molecule has 0 radical (unpaired) electrons. The molecule has 8 heteroatoms. The summed E-state index contributed by atoms with van der Waals surface area (Å²) >= 11 is 0. The van der Waals surface area contributed by atoms with Crippen molar-refractivity contribution in [3.8, 4) is 17.2 Å². The van der Waals surface area contributed by atoms with E-state index in [1.54, 1.807) is 25.1 Å². The van der Waals surface area contributed by atoms with Gasteiger partial charge in [0.25, 0.3) is 0 Å². The molecule has 1 N–H and O–H groups in total. The van der Waals surface area contributed by atoms with Crippen molar-refractivity contribution in [2.45, 2.75) is 17.9 Å². The van der Waals surface area contributed by atoms with E-state index in [1.165, 1.54) is 27.4 Å². The topological polar surface area (TPSA) is 73.9 Å². The molecule has 0 aliphatic heterocycles. The molecule has 0 spiro atoms. The fraction of sp³-hybridized carbons (Fsp3) is 0.294. The van der Waals surface area contributed by atoms with Gasteiger partial charge in [-0.25, -0.2) is 17.5 Å². The standard InChI is InChI=1S/C17H20FNO5S/c1-11(14-10-13(22-2)6-8-15(14)23-3)19-25(20,21)17-9-12(18)5-7-16(17)24-4/h5-11,19H,1-4H3/t11-/m0/s1. The first-order valence-electron chi connectivity index (χ1n) is 7.40. The Labute approximate surface area is 146 Å². The van der Waals surface area contributed by atoms with Gasteiger partial charge in [-0.15, -0.1) is 0 Å². The van der Waals surface area contributed by atoms with E-state index in [1.807, 2.05) is 0 Å². The summed E-state index contributed by atoms with van der Waals surface area (Å²) in [6.07, 6.45) is 0. The zero-order chi connectivity index (χ0) is 18.6.